The molecule has 2 atom stereocenters. The summed E-state index contributed by atoms with van der Waals surface area (Å²) in [5.74, 6) is -0.174. The summed E-state index contributed by atoms with van der Waals surface area (Å²) in [6.45, 7) is 0. The van der Waals surface area contributed by atoms with Crippen molar-refractivity contribution < 1.29 is 22.9 Å². The van der Waals surface area contributed by atoms with E-state index in [9.17, 15) is 22.9 Å². The minimum Gasteiger partial charge on any atom is -0.612 e. The quantitative estimate of drug-likeness (QED) is 0.722. The average molecular weight is 441 g/mol. The number of anilines is 1. The van der Waals surface area contributed by atoms with Gasteiger partial charge in [0.1, 0.15) is 6.26 Å². The Morgan fingerprint density at radius 3 is 2.68 bits per heavy atom. The third-order valence-electron chi connectivity index (χ3n) is 5.37. The first-order valence-corrected chi connectivity index (χ1v) is 11.0. The highest BCUT2D eigenvalue weighted by molar-refractivity contribution is 7.90. The van der Waals surface area contributed by atoms with Crippen molar-refractivity contribution in [1.82, 2.24) is 5.32 Å². The highest BCUT2D eigenvalue weighted by atomic mass is 32.2. The molecule has 158 valence electrons. The van der Waals surface area contributed by atoms with Gasteiger partial charge in [-0.2, -0.15) is 5.26 Å². The molecule has 0 radical (unpaired) electrons. The van der Waals surface area contributed by atoms with Crippen LogP contribution < -0.4 is 10.2 Å². The molecule has 9 heteroatoms. The zero-order valence-corrected chi connectivity index (χ0v) is 17.2. The van der Waals surface area contributed by atoms with Gasteiger partial charge < -0.3 is 9.87 Å². The third kappa shape index (κ3) is 3.69. The van der Waals surface area contributed by atoms with Crippen molar-refractivity contribution in [2.45, 2.75) is 30.2 Å². The Hall–Kier alpha value is -3.22. The summed E-state index contributed by atoms with van der Waals surface area (Å²) < 4.78 is 38.7. The Bertz CT molecular complexity index is 1160. The Morgan fingerprint density at radius 2 is 2.00 bits per heavy atom. The smallest absolute Gasteiger partial charge is 0.327 e. The van der Waals surface area contributed by atoms with Crippen molar-refractivity contribution in [1.29, 1.82) is 5.26 Å². The molecule has 0 aromatic heterocycles. The van der Waals surface area contributed by atoms with E-state index in [-0.39, 0.29) is 29.9 Å². The number of halogens is 2. The summed E-state index contributed by atoms with van der Waals surface area (Å²) in [6.07, 6.45) is -0.766. The van der Waals surface area contributed by atoms with E-state index in [1.807, 2.05) is 6.07 Å². The monoisotopic (exact) mass is 441 g/mol. The molecule has 1 unspecified atom stereocenters. The standard InChI is InChI=1S/C22H17F2N3O3S/c1-31(30)18-9-12(11-25)5-6-15(18)20-19-16(7-8-17(19)28)27(22(29)26-20)14-4-2-3-13(10-14)21(23)24/h2-6,9-10,20-21H,7-8H2,1H3,(H,26,29)/t20-,31?/m0/s1. The normalized spacial score (nSPS) is 19.4. The maximum absolute atomic E-state index is 13.2. The number of rotatable bonds is 4. The fourth-order valence-corrected chi connectivity index (χ4v) is 4.81. The molecule has 2 aliphatic rings. The second-order valence-electron chi connectivity index (χ2n) is 7.22. The van der Waals surface area contributed by atoms with E-state index in [4.69, 9.17) is 5.26 Å². The van der Waals surface area contributed by atoms with Crippen LogP contribution in [0.5, 0.6) is 0 Å². The summed E-state index contributed by atoms with van der Waals surface area (Å²) in [7, 11) is 0. The SMILES string of the molecule is C[S+]([O-])c1cc(C#N)ccc1[C@@H]1NC(=O)N(c2cccc(C(F)F)c2)C2=C1C(=O)CC2. The van der Waals surface area contributed by atoms with Crippen molar-refractivity contribution in [3.8, 4) is 6.07 Å². The summed E-state index contributed by atoms with van der Waals surface area (Å²) in [6, 6.07) is 10.7. The number of Topliss-reactive ketones (excluding diaryl/α,β-unsaturated/α-hetero) is 1. The summed E-state index contributed by atoms with van der Waals surface area (Å²) in [5, 5.41) is 11.9. The molecule has 1 aliphatic carbocycles. The first-order chi connectivity index (χ1) is 14.8. The van der Waals surface area contributed by atoms with Crippen LogP contribution in [0.4, 0.5) is 19.3 Å². The van der Waals surface area contributed by atoms with Crippen LogP contribution in [0, 0.1) is 11.3 Å². The third-order valence-corrected chi connectivity index (χ3v) is 6.35. The highest BCUT2D eigenvalue weighted by Crippen LogP contribution is 2.42. The predicted octanol–water partition coefficient (Wildman–Crippen LogP) is 4.12. The Morgan fingerprint density at radius 1 is 1.23 bits per heavy atom. The molecular weight excluding hydrogens is 424 g/mol. The van der Waals surface area contributed by atoms with Crippen molar-refractivity contribution in [2.24, 2.45) is 0 Å². The molecule has 1 heterocycles. The average Bonchev–Trinajstić information content (AvgIpc) is 3.14. The van der Waals surface area contributed by atoms with E-state index < -0.39 is 29.7 Å². The van der Waals surface area contributed by atoms with Crippen LogP contribution in [0.2, 0.25) is 0 Å². The number of nitrogens with one attached hydrogen (secondary N) is 1. The Kier molecular flexibility index (Phi) is 5.52. The number of nitriles is 1. The number of allylic oxidation sites excluding steroid dienone is 1. The van der Waals surface area contributed by atoms with Gasteiger partial charge in [-0.3, -0.25) is 9.69 Å². The molecule has 2 aromatic carbocycles. The van der Waals surface area contributed by atoms with Crippen LogP contribution in [0.1, 0.15) is 42.0 Å². The number of benzene rings is 2. The Balaban J connectivity index is 1.85. The molecule has 1 aliphatic heterocycles. The van der Waals surface area contributed by atoms with Crippen molar-refractivity contribution in [3.63, 3.8) is 0 Å². The van der Waals surface area contributed by atoms with Gasteiger partial charge in [-0.15, -0.1) is 0 Å². The zero-order valence-electron chi connectivity index (χ0n) is 16.4. The Labute approximate surface area is 180 Å². The van der Waals surface area contributed by atoms with Crippen LogP contribution in [0.15, 0.2) is 58.6 Å². The minimum atomic E-state index is -2.69. The largest absolute Gasteiger partial charge is 0.612 e. The molecule has 0 saturated heterocycles. The second-order valence-corrected chi connectivity index (χ2v) is 8.56. The van der Waals surface area contributed by atoms with Crippen LogP contribution in [0.3, 0.4) is 0 Å². The second kappa shape index (κ2) is 8.13. The van der Waals surface area contributed by atoms with E-state index in [1.165, 1.54) is 47.6 Å². The molecule has 0 fully saturated rings. The van der Waals surface area contributed by atoms with E-state index in [0.717, 1.165) is 0 Å². The van der Waals surface area contributed by atoms with Crippen molar-refractivity contribution >= 4 is 28.7 Å². The number of urea groups is 1. The number of nitrogens with zero attached hydrogens (tertiary/aromatic N) is 2. The van der Waals surface area contributed by atoms with Gasteiger partial charge >= 0.3 is 6.03 Å². The molecule has 1 N–H and O–H groups in total. The lowest BCUT2D eigenvalue weighted by atomic mass is 9.94. The first kappa shape index (κ1) is 21.0. The lowest BCUT2D eigenvalue weighted by molar-refractivity contribution is -0.115. The van der Waals surface area contributed by atoms with Gasteiger partial charge in [0.25, 0.3) is 6.43 Å². The van der Waals surface area contributed by atoms with Gasteiger partial charge in [-0.25, -0.2) is 13.6 Å². The molecule has 31 heavy (non-hydrogen) atoms. The minimum absolute atomic E-state index is 0.174. The molecule has 0 bridgehead atoms. The van der Waals surface area contributed by atoms with E-state index in [2.05, 4.69) is 5.32 Å². The van der Waals surface area contributed by atoms with E-state index >= 15 is 0 Å². The lowest BCUT2D eigenvalue weighted by Crippen LogP contribution is -2.47. The van der Waals surface area contributed by atoms with Gasteiger partial charge in [0.05, 0.1) is 23.4 Å². The maximum atomic E-state index is 13.2. The van der Waals surface area contributed by atoms with Gasteiger partial charge in [0.2, 0.25) is 0 Å². The molecule has 6 nitrogen and oxygen atoms in total. The van der Waals surface area contributed by atoms with E-state index in [0.29, 0.717) is 27.3 Å². The topological polar surface area (TPSA) is 96.3 Å². The summed E-state index contributed by atoms with van der Waals surface area (Å²) in [5.41, 5.74) is 1.59. The molecule has 2 aromatic rings. The number of hydrogen-bond acceptors (Lipinski definition) is 4. The molecule has 4 rings (SSSR count). The fourth-order valence-electron chi connectivity index (χ4n) is 4.00. The van der Waals surface area contributed by atoms with Crippen molar-refractivity contribution in [3.05, 3.63) is 70.4 Å². The highest BCUT2D eigenvalue weighted by Gasteiger charge is 2.42. The van der Waals surface area contributed by atoms with Crippen LogP contribution in [-0.2, 0) is 16.0 Å². The van der Waals surface area contributed by atoms with Gasteiger partial charge in [0.15, 0.2) is 10.7 Å². The van der Waals surface area contributed by atoms with Crippen LogP contribution in [-0.4, -0.2) is 22.6 Å². The van der Waals surface area contributed by atoms with Gasteiger partial charge in [-0.05, 0) is 35.8 Å². The van der Waals surface area contributed by atoms with Crippen LogP contribution >= 0.6 is 0 Å². The van der Waals surface area contributed by atoms with Crippen LogP contribution in [0.25, 0.3) is 0 Å². The number of carbonyl (C=O) groups excluding carboxylic acids is 2. The number of hydrogen-bond donors (Lipinski definition) is 1. The first-order valence-electron chi connectivity index (χ1n) is 9.44. The number of alkyl halides is 2. The number of amides is 2. The van der Waals surface area contributed by atoms with Gasteiger partial charge in [-0.1, -0.05) is 18.2 Å². The summed E-state index contributed by atoms with van der Waals surface area (Å²) in [4.78, 5) is 27.4. The molecule has 2 amide bonds. The molecular formula is C22H17F2N3O3S. The summed E-state index contributed by atoms with van der Waals surface area (Å²) >= 11 is -1.47. The lowest BCUT2D eigenvalue weighted by Gasteiger charge is -2.35. The molecule has 0 saturated carbocycles. The number of ketones is 1. The van der Waals surface area contributed by atoms with Gasteiger partial charge in [0, 0.05) is 34.9 Å². The molecule has 0 spiro atoms. The number of carbonyl (C=O) groups is 2. The van der Waals surface area contributed by atoms with E-state index in [1.54, 1.807) is 6.07 Å². The van der Waals surface area contributed by atoms with Crippen molar-refractivity contribution in [2.75, 3.05) is 11.2 Å². The fraction of sp³-hybridized carbons (Fsp3) is 0.227. The zero-order chi connectivity index (χ0) is 22.3. The maximum Gasteiger partial charge on any atom is 0.327 e. The predicted molar refractivity (Wildman–Crippen MR) is 110 cm³/mol.